The van der Waals surface area contributed by atoms with Crippen LogP contribution in [-0.4, -0.2) is 24.7 Å². The summed E-state index contributed by atoms with van der Waals surface area (Å²) >= 11 is 0. The summed E-state index contributed by atoms with van der Waals surface area (Å²) in [5.41, 5.74) is 3.42. The Hall–Kier alpha value is -2.56. The van der Waals surface area contributed by atoms with E-state index in [0.717, 1.165) is 12.8 Å². The highest BCUT2D eigenvalue weighted by Gasteiger charge is 2.20. The first-order valence-electron chi connectivity index (χ1n) is 7.89. The summed E-state index contributed by atoms with van der Waals surface area (Å²) < 4.78 is 4.99. The molecule has 120 valence electrons. The molecule has 1 aliphatic rings. The molecule has 3 rings (SSSR count). The lowest BCUT2D eigenvalue weighted by Gasteiger charge is -2.25. The van der Waals surface area contributed by atoms with Gasteiger partial charge in [0.05, 0.1) is 19.0 Å². The summed E-state index contributed by atoms with van der Waals surface area (Å²) in [4.78, 5) is 16.1. The summed E-state index contributed by atoms with van der Waals surface area (Å²) in [6.45, 7) is 0.645. The number of aryl methyl sites for hydroxylation is 1. The molecule has 0 fully saturated rings. The number of hydrogen-bond acceptors (Lipinski definition) is 3. The van der Waals surface area contributed by atoms with Crippen molar-refractivity contribution in [2.45, 2.75) is 25.2 Å². The van der Waals surface area contributed by atoms with E-state index in [4.69, 9.17) is 4.74 Å². The molecule has 1 unspecified atom stereocenters. The second-order valence-corrected chi connectivity index (χ2v) is 5.71. The Morgan fingerprint density at radius 3 is 2.96 bits per heavy atom. The lowest BCUT2D eigenvalue weighted by Crippen LogP contribution is -2.33. The van der Waals surface area contributed by atoms with Crippen LogP contribution in [0.15, 0.2) is 42.6 Å². The Balaban J connectivity index is 1.55. The van der Waals surface area contributed by atoms with Gasteiger partial charge in [0.1, 0.15) is 0 Å². The average Bonchev–Trinajstić information content (AvgIpc) is 2.60. The fourth-order valence-corrected chi connectivity index (χ4v) is 3.03. The molecule has 2 aromatic rings. The Labute approximate surface area is 136 Å². The van der Waals surface area contributed by atoms with E-state index < -0.39 is 0 Å². The van der Waals surface area contributed by atoms with E-state index in [9.17, 15) is 4.79 Å². The number of ether oxygens (including phenoxy) is 1. The minimum atomic E-state index is -0.208. The number of pyridine rings is 1. The molecule has 0 saturated heterocycles. The molecule has 1 heterocycles. The standard InChI is InChI=1S/C18H21N3O2/c1-23-17-10-9-15(12-19-17)21-18(22)20-11-14-7-4-6-13-5-2-3-8-16(13)14/h2-3,5,8-10,12,14H,4,6-7,11H2,1H3,(H2,20,21,22). The summed E-state index contributed by atoms with van der Waals surface area (Å²) in [5, 5.41) is 5.75. The lowest BCUT2D eigenvalue weighted by molar-refractivity contribution is 0.251. The van der Waals surface area contributed by atoms with Crippen molar-refractivity contribution in [1.29, 1.82) is 0 Å². The van der Waals surface area contributed by atoms with Crippen LogP contribution in [0.25, 0.3) is 0 Å². The number of nitrogens with zero attached hydrogens (tertiary/aromatic N) is 1. The molecule has 5 heteroatoms. The minimum Gasteiger partial charge on any atom is -0.481 e. The molecule has 0 spiro atoms. The van der Waals surface area contributed by atoms with Crippen LogP contribution in [0.1, 0.15) is 29.9 Å². The maximum absolute atomic E-state index is 12.0. The largest absolute Gasteiger partial charge is 0.481 e. The van der Waals surface area contributed by atoms with Crippen molar-refractivity contribution in [2.75, 3.05) is 19.0 Å². The van der Waals surface area contributed by atoms with Gasteiger partial charge in [-0.15, -0.1) is 0 Å². The zero-order chi connectivity index (χ0) is 16.1. The van der Waals surface area contributed by atoms with Gasteiger partial charge in [0.15, 0.2) is 0 Å². The minimum absolute atomic E-state index is 0.208. The topological polar surface area (TPSA) is 63.2 Å². The number of benzene rings is 1. The second-order valence-electron chi connectivity index (χ2n) is 5.71. The first-order valence-corrected chi connectivity index (χ1v) is 7.89. The molecular weight excluding hydrogens is 290 g/mol. The number of anilines is 1. The van der Waals surface area contributed by atoms with Crippen molar-refractivity contribution in [1.82, 2.24) is 10.3 Å². The van der Waals surface area contributed by atoms with Gasteiger partial charge in [0.2, 0.25) is 5.88 Å². The molecule has 0 aliphatic heterocycles. The lowest BCUT2D eigenvalue weighted by atomic mass is 9.83. The molecule has 1 aromatic heterocycles. The predicted octanol–water partition coefficient (Wildman–Crippen LogP) is 3.33. The van der Waals surface area contributed by atoms with E-state index in [1.807, 2.05) is 0 Å². The average molecular weight is 311 g/mol. The van der Waals surface area contributed by atoms with Crippen molar-refractivity contribution in [3.8, 4) is 5.88 Å². The Bertz CT molecular complexity index is 670. The van der Waals surface area contributed by atoms with E-state index in [0.29, 0.717) is 24.0 Å². The normalized spacial score (nSPS) is 16.3. The van der Waals surface area contributed by atoms with Gasteiger partial charge in [0.25, 0.3) is 0 Å². The molecule has 0 bridgehead atoms. The maximum atomic E-state index is 12.0. The van der Waals surface area contributed by atoms with Gasteiger partial charge in [-0.05, 0) is 36.5 Å². The van der Waals surface area contributed by atoms with Crippen LogP contribution in [0, 0.1) is 0 Å². The first-order chi connectivity index (χ1) is 11.3. The third-order valence-corrected chi connectivity index (χ3v) is 4.21. The van der Waals surface area contributed by atoms with E-state index in [2.05, 4.69) is 39.9 Å². The van der Waals surface area contributed by atoms with E-state index in [1.54, 1.807) is 25.4 Å². The molecule has 0 saturated carbocycles. The molecule has 1 aromatic carbocycles. The van der Waals surface area contributed by atoms with Gasteiger partial charge in [0, 0.05) is 18.5 Å². The maximum Gasteiger partial charge on any atom is 0.319 e. The van der Waals surface area contributed by atoms with Crippen molar-refractivity contribution in [3.05, 3.63) is 53.7 Å². The molecule has 5 nitrogen and oxygen atoms in total. The number of hydrogen-bond donors (Lipinski definition) is 2. The number of fused-ring (bicyclic) bond motifs is 1. The zero-order valence-corrected chi connectivity index (χ0v) is 13.2. The van der Waals surface area contributed by atoms with E-state index in [1.165, 1.54) is 17.5 Å². The highest BCUT2D eigenvalue weighted by Crippen LogP contribution is 2.30. The highest BCUT2D eigenvalue weighted by molar-refractivity contribution is 5.89. The number of nitrogens with one attached hydrogen (secondary N) is 2. The molecule has 2 amide bonds. The number of carbonyl (C=O) groups excluding carboxylic acids is 1. The number of aromatic nitrogens is 1. The summed E-state index contributed by atoms with van der Waals surface area (Å²) in [6.07, 6.45) is 5.00. The molecule has 2 N–H and O–H groups in total. The Morgan fingerprint density at radius 1 is 1.30 bits per heavy atom. The second kappa shape index (κ2) is 7.13. The van der Waals surface area contributed by atoms with Gasteiger partial charge in [-0.2, -0.15) is 0 Å². The van der Waals surface area contributed by atoms with Gasteiger partial charge in [-0.3, -0.25) is 0 Å². The molecule has 1 aliphatic carbocycles. The molecule has 0 radical (unpaired) electrons. The predicted molar refractivity (Wildman–Crippen MR) is 89.9 cm³/mol. The third-order valence-electron chi connectivity index (χ3n) is 4.21. The quantitative estimate of drug-likeness (QED) is 0.910. The Morgan fingerprint density at radius 2 is 2.17 bits per heavy atom. The van der Waals surface area contributed by atoms with Gasteiger partial charge >= 0.3 is 6.03 Å². The van der Waals surface area contributed by atoms with Crippen LogP contribution in [-0.2, 0) is 6.42 Å². The van der Waals surface area contributed by atoms with E-state index in [-0.39, 0.29) is 6.03 Å². The van der Waals surface area contributed by atoms with Crippen molar-refractivity contribution >= 4 is 11.7 Å². The molecular formula is C18H21N3O2. The summed E-state index contributed by atoms with van der Waals surface area (Å²) in [7, 11) is 1.56. The smallest absolute Gasteiger partial charge is 0.319 e. The summed E-state index contributed by atoms with van der Waals surface area (Å²) in [5.74, 6) is 0.912. The van der Waals surface area contributed by atoms with Crippen molar-refractivity contribution in [3.63, 3.8) is 0 Å². The Kier molecular flexibility index (Phi) is 4.76. The molecule has 1 atom stereocenters. The number of amides is 2. The SMILES string of the molecule is COc1ccc(NC(=O)NCC2CCCc3ccccc32)cn1. The monoisotopic (exact) mass is 311 g/mol. The van der Waals surface area contributed by atoms with Crippen LogP contribution in [0.5, 0.6) is 5.88 Å². The summed E-state index contributed by atoms with van der Waals surface area (Å²) in [6, 6.07) is 11.8. The van der Waals surface area contributed by atoms with Crippen molar-refractivity contribution in [2.24, 2.45) is 0 Å². The zero-order valence-electron chi connectivity index (χ0n) is 13.2. The number of rotatable bonds is 4. The number of methoxy groups -OCH3 is 1. The van der Waals surface area contributed by atoms with Crippen molar-refractivity contribution < 1.29 is 9.53 Å². The molecule has 23 heavy (non-hydrogen) atoms. The highest BCUT2D eigenvalue weighted by atomic mass is 16.5. The number of carbonyl (C=O) groups is 1. The van der Waals surface area contributed by atoms with Crippen LogP contribution in [0.3, 0.4) is 0 Å². The van der Waals surface area contributed by atoms with E-state index >= 15 is 0 Å². The van der Waals surface area contributed by atoms with Gasteiger partial charge < -0.3 is 15.4 Å². The van der Waals surface area contributed by atoms with Crippen LogP contribution < -0.4 is 15.4 Å². The van der Waals surface area contributed by atoms with Crippen LogP contribution in [0.4, 0.5) is 10.5 Å². The first kappa shape index (κ1) is 15.3. The fourth-order valence-electron chi connectivity index (χ4n) is 3.03. The third kappa shape index (κ3) is 3.80. The van der Waals surface area contributed by atoms with Gasteiger partial charge in [-0.25, -0.2) is 9.78 Å². The van der Waals surface area contributed by atoms with Crippen LogP contribution in [0.2, 0.25) is 0 Å². The van der Waals surface area contributed by atoms with Crippen LogP contribution >= 0.6 is 0 Å². The van der Waals surface area contributed by atoms with Gasteiger partial charge in [-0.1, -0.05) is 24.3 Å². The fraction of sp³-hybridized carbons (Fsp3) is 0.333. The number of urea groups is 1.